The predicted molar refractivity (Wildman–Crippen MR) is 44.0 cm³/mol. The van der Waals surface area contributed by atoms with Gasteiger partial charge < -0.3 is 0 Å². The first-order valence-electron chi connectivity index (χ1n) is 3.42. The maximum absolute atomic E-state index is 8.47. The van der Waals surface area contributed by atoms with Crippen LogP contribution in [0.2, 0.25) is 0 Å². The first-order valence-corrected chi connectivity index (χ1v) is 3.42. The summed E-state index contributed by atoms with van der Waals surface area (Å²) in [5, 5.41) is 25.0. The summed E-state index contributed by atoms with van der Waals surface area (Å²) in [6, 6.07) is 7.94. The Morgan fingerprint density at radius 2 is 1.69 bits per heavy atom. The third-order valence-corrected chi connectivity index (χ3v) is 1.50. The summed E-state index contributed by atoms with van der Waals surface area (Å²) in [6.45, 7) is 0. The van der Waals surface area contributed by atoms with E-state index in [0.29, 0.717) is 11.0 Å². The van der Waals surface area contributed by atoms with Crippen LogP contribution in [0, 0.1) is 11.3 Å². The minimum atomic E-state index is -1.24. The molecule has 0 atom stereocenters. The van der Waals surface area contributed by atoms with E-state index in [-0.39, 0.29) is 0 Å². The van der Waals surface area contributed by atoms with Crippen molar-refractivity contribution in [3.05, 3.63) is 29.8 Å². The van der Waals surface area contributed by atoms with Crippen LogP contribution in [0.5, 0.6) is 0 Å². The van der Waals surface area contributed by atoms with Gasteiger partial charge in [0.15, 0.2) is 0 Å². The van der Waals surface area contributed by atoms with Gasteiger partial charge >= 0.3 is 7.12 Å². The van der Waals surface area contributed by atoms with E-state index in [1.807, 2.05) is 6.07 Å². The molecule has 0 unspecified atom stereocenters. The van der Waals surface area contributed by atoms with Gasteiger partial charge in [0.2, 0.25) is 0 Å². The SMILES string of the molecule is N#Cc1ccc(B(OO)OO)cc1. The quantitative estimate of drug-likeness (QED) is 0.394. The van der Waals surface area contributed by atoms with Crippen LogP contribution in [0.25, 0.3) is 0 Å². The lowest BCUT2D eigenvalue weighted by Gasteiger charge is -2.03. The molecule has 5 nitrogen and oxygen atoms in total. The largest absolute Gasteiger partial charge is 0.554 e. The molecule has 0 aliphatic heterocycles. The lowest BCUT2D eigenvalue weighted by Crippen LogP contribution is -2.34. The summed E-state index contributed by atoms with van der Waals surface area (Å²) in [4.78, 5) is 7.61. The molecule has 1 aromatic rings. The van der Waals surface area contributed by atoms with Crippen molar-refractivity contribution in [3.8, 4) is 6.07 Å². The van der Waals surface area contributed by atoms with Gasteiger partial charge in [-0.1, -0.05) is 12.1 Å². The van der Waals surface area contributed by atoms with Gasteiger partial charge in [-0.15, -0.1) is 0 Å². The molecule has 2 N–H and O–H groups in total. The summed E-state index contributed by atoms with van der Waals surface area (Å²) in [5.41, 5.74) is 0.877. The second-order valence-corrected chi connectivity index (χ2v) is 2.28. The number of hydrogen-bond donors (Lipinski definition) is 2. The Morgan fingerprint density at radius 1 is 1.15 bits per heavy atom. The van der Waals surface area contributed by atoms with Crippen LogP contribution in [-0.4, -0.2) is 17.6 Å². The highest BCUT2D eigenvalue weighted by atomic mass is 17.2. The molecule has 0 saturated heterocycles. The Bertz CT molecular complexity index is 303. The third-order valence-electron chi connectivity index (χ3n) is 1.50. The molecule has 13 heavy (non-hydrogen) atoms. The fourth-order valence-electron chi connectivity index (χ4n) is 0.856. The highest BCUT2D eigenvalue weighted by Gasteiger charge is 2.21. The second-order valence-electron chi connectivity index (χ2n) is 2.28. The molecular formula is C7H6BNO4. The van der Waals surface area contributed by atoms with Crippen molar-refractivity contribution < 1.29 is 20.1 Å². The molecule has 0 bridgehead atoms. The highest BCUT2D eigenvalue weighted by molar-refractivity contribution is 6.60. The molecular weight excluding hydrogens is 173 g/mol. The molecule has 0 fully saturated rings. The zero-order valence-electron chi connectivity index (χ0n) is 6.54. The van der Waals surface area contributed by atoms with E-state index in [1.165, 1.54) is 24.3 Å². The summed E-state index contributed by atoms with van der Waals surface area (Å²) < 4.78 is 0. The van der Waals surface area contributed by atoms with Crippen LogP contribution in [0.15, 0.2) is 24.3 Å². The number of rotatable bonds is 3. The van der Waals surface area contributed by atoms with Gasteiger partial charge in [0.1, 0.15) is 0 Å². The highest BCUT2D eigenvalue weighted by Crippen LogP contribution is 1.96. The second kappa shape index (κ2) is 4.59. The third kappa shape index (κ3) is 2.27. The average Bonchev–Trinajstić information content (AvgIpc) is 2.21. The Balaban J connectivity index is 2.85. The van der Waals surface area contributed by atoms with Gasteiger partial charge in [0, 0.05) is 0 Å². The summed E-state index contributed by atoms with van der Waals surface area (Å²) in [7, 11) is -1.24. The maximum atomic E-state index is 8.47. The Kier molecular flexibility index (Phi) is 3.43. The molecule has 0 radical (unpaired) electrons. The molecule has 66 valence electrons. The maximum Gasteiger partial charge on any atom is 0.554 e. The van der Waals surface area contributed by atoms with Gasteiger partial charge in [-0.3, -0.25) is 20.1 Å². The van der Waals surface area contributed by atoms with Crippen LogP contribution < -0.4 is 5.46 Å². The monoisotopic (exact) mass is 179 g/mol. The van der Waals surface area contributed by atoms with Crippen LogP contribution in [0.3, 0.4) is 0 Å². The fraction of sp³-hybridized carbons (Fsp3) is 0. The molecule has 1 rings (SSSR count). The minimum absolute atomic E-state index is 0.406. The van der Waals surface area contributed by atoms with Gasteiger partial charge in [0.25, 0.3) is 0 Å². The summed E-state index contributed by atoms with van der Waals surface area (Å²) in [5.74, 6) is 0. The molecule has 0 heterocycles. The predicted octanol–water partition coefficient (Wildman–Crippen LogP) is 0.233. The van der Waals surface area contributed by atoms with E-state index in [0.717, 1.165) is 0 Å². The lowest BCUT2D eigenvalue weighted by atomic mass is 9.80. The van der Waals surface area contributed by atoms with E-state index < -0.39 is 7.12 Å². The van der Waals surface area contributed by atoms with Crippen molar-refractivity contribution in [2.24, 2.45) is 0 Å². The number of hydrogen-bond acceptors (Lipinski definition) is 5. The van der Waals surface area contributed by atoms with E-state index in [2.05, 4.69) is 9.61 Å². The molecule has 0 saturated carbocycles. The van der Waals surface area contributed by atoms with Crippen LogP contribution in [0.4, 0.5) is 0 Å². The van der Waals surface area contributed by atoms with Gasteiger partial charge in [-0.05, 0) is 17.6 Å². The number of benzene rings is 1. The number of nitrogens with zero attached hydrogens (tertiary/aromatic N) is 1. The molecule has 0 amide bonds. The Morgan fingerprint density at radius 3 is 2.08 bits per heavy atom. The van der Waals surface area contributed by atoms with Crippen molar-refractivity contribution in [1.29, 1.82) is 5.26 Å². The standard InChI is InChI=1S/C7H6BNO4/c9-5-6-1-3-7(4-2-6)8(12-10)13-11/h1-4,10-11H. The Hall–Kier alpha value is -1.39. The molecule has 0 aliphatic carbocycles. The molecule has 1 aromatic carbocycles. The zero-order chi connectivity index (χ0) is 9.68. The van der Waals surface area contributed by atoms with E-state index in [9.17, 15) is 0 Å². The first kappa shape index (κ1) is 9.70. The average molecular weight is 179 g/mol. The van der Waals surface area contributed by atoms with Gasteiger partial charge in [-0.2, -0.15) is 5.26 Å². The van der Waals surface area contributed by atoms with Crippen molar-refractivity contribution in [1.82, 2.24) is 0 Å². The van der Waals surface area contributed by atoms with Crippen molar-refractivity contribution in [3.63, 3.8) is 0 Å². The smallest absolute Gasteiger partial charge is 0.264 e. The first-order chi connectivity index (χ1) is 6.31. The fourth-order valence-corrected chi connectivity index (χ4v) is 0.856. The van der Waals surface area contributed by atoms with Crippen LogP contribution >= 0.6 is 0 Å². The van der Waals surface area contributed by atoms with E-state index in [4.69, 9.17) is 15.8 Å². The Labute approximate surface area is 74.8 Å². The van der Waals surface area contributed by atoms with Crippen LogP contribution in [-0.2, 0) is 9.61 Å². The lowest BCUT2D eigenvalue weighted by molar-refractivity contribution is -0.221. The van der Waals surface area contributed by atoms with Crippen molar-refractivity contribution in [2.75, 3.05) is 0 Å². The van der Waals surface area contributed by atoms with E-state index in [1.54, 1.807) is 0 Å². The minimum Gasteiger partial charge on any atom is -0.264 e. The van der Waals surface area contributed by atoms with Crippen LogP contribution in [0.1, 0.15) is 5.56 Å². The number of nitriles is 1. The molecule has 0 aliphatic rings. The topological polar surface area (TPSA) is 82.7 Å². The normalized spacial score (nSPS) is 9.31. The molecule has 6 heteroatoms. The van der Waals surface area contributed by atoms with Gasteiger partial charge in [0.05, 0.1) is 11.6 Å². The summed E-state index contributed by atoms with van der Waals surface area (Å²) >= 11 is 0. The van der Waals surface area contributed by atoms with E-state index >= 15 is 0 Å². The van der Waals surface area contributed by atoms with Crippen molar-refractivity contribution in [2.45, 2.75) is 0 Å². The molecule has 0 aromatic heterocycles. The van der Waals surface area contributed by atoms with Crippen molar-refractivity contribution >= 4 is 12.6 Å². The molecule has 0 spiro atoms. The summed E-state index contributed by atoms with van der Waals surface area (Å²) in [6.07, 6.45) is 0. The van der Waals surface area contributed by atoms with Gasteiger partial charge in [-0.25, -0.2) is 0 Å². The zero-order valence-corrected chi connectivity index (χ0v) is 6.54.